The molecule has 0 aliphatic carbocycles. The van der Waals surface area contributed by atoms with E-state index in [-0.39, 0.29) is 12.5 Å². The minimum Gasteiger partial charge on any atom is -0.394 e. The zero-order valence-electron chi connectivity index (χ0n) is 43.9. The van der Waals surface area contributed by atoms with Gasteiger partial charge < -0.3 is 15.5 Å². The highest BCUT2D eigenvalue weighted by molar-refractivity contribution is 5.76. The van der Waals surface area contributed by atoms with Crippen LogP contribution in [0.2, 0.25) is 0 Å². The Labute approximate surface area is 411 Å². The van der Waals surface area contributed by atoms with Gasteiger partial charge in [0.25, 0.3) is 0 Å². The van der Waals surface area contributed by atoms with Gasteiger partial charge in [0.05, 0.1) is 18.8 Å². The number of nitrogens with one attached hydrogen (secondary N) is 1. The normalized spacial score (nSPS) is 13.5. The minimum atomic E-state index is -0.663. The predicted octanol–water partition coefficient (Wildman–Crippen LogP) is 19.1. The molecule has 0 aliphatic heterocycles. The molecule has 1 amide bonds. The van der Waals surface area contributed by atoms with Crippen LogP contribution in [0.25, 0.3) is 0 Å². The first kappa shape index (κ1) is 63.6. The van der Waals surface area contributed by atoms with Gasteiger partial charge in [0, 0.05) is 6.42 Å². The van der Waals surface area contributed by atoms with Crippen molar-refractivity contribution in [2.45, 2.75) is 296 Å². The summed E-state index contributed by atoms with van der Waals surface area (Å²) in [7, 11) is 0. The molecule has 2 atom stereocenters. The molecule has 0 aromatic rings. The third kappa shape index (κ3) is 52.5. The van der Waals surface area contributed by atoms with Crippen LogP contribution in [0.5, 0.6) is 0 Å². The molecular weight excluding hydrogens is 807 g/mol. The molecule has 0 aromatic heterocycles. The maximum absolute atomic E-state index is 12.5. The van der Waals surface area contributed by atoms with Gasteiger partial charge in [0.2, 0.25) is 5.91 Å². The van der Waals surface area contributed by atoms with Gasteiger partial charge in [-0.25, -0.2) is 0 Å². The van der Waals surface area contributed by atoms with E-state index in [1.54, 1.807) is 0 Å². The number of carbonyl (C=O) groups excluding carboxylic acids is 1. The smallest absolute Gasteiger partial charge is 0.220 e. The van der Waals surface area contributed by atoms with E-state index in [9.17, 15) is 15.0 Å². The molecule has 0 saturated heterocycles. The first-order valence-corrected chi connectivity index (χ1v) is 28.8. The van der Waals surface area contributed by atoms with Crippen LogP contribution in [0.15, 0.2) is 85.1 Å². The lowest BCUT2D eigenvalue weighted by Gasteiger charge is -2.22. The number of rotatable bonds is 52. The quantitative estimate of drug-likeness (QED) is 0.0421. The first-order chi connectivity index (χ1) is 32.7. The van der Waals surface area contributed by atoms with Crippen molar-refractivity contribution < 1.29 is 15.0 Å². The lowest BCUT2D eigenvalue weighted by atomic mass is 10.0. The molecular formula is C62H111NO3. The highest BCUT2D eigenvalue weighted by atomic mass is 16.3. The molecule has 0 spiro atoms. The molecule has 3 N–H and O–H groups in total. The Bertz CT molecular complexity index is 1180. The molecule has 0 aliphatic rings. The van der Waals surface area contributed by atoms with Gasteiger partial charge in [-0.05, 0) is 70.6 Å². The van der Waals surface area contributed by atoms with E-state index >= 15 is 0 Å². The molecule has 382 valence electrons. The molecule has 0 saturated carbocycles. The van der Waals surface area contributed by atoms with Crippen molar-refractivity contribution in [2.24, 2.45) is 0 Å². The summed E-state index contributed by atoms with van der Waals surface area (Å²) in [5.41, 5.74) is 0. The molecule has 0 fully saturated rings. The molecule has 0 heterocycles. The maximum Gasteiger partial charge on any atom is 0.220 e. The molecule has 0 rings (SSSR count). The van der Waals surface area contributed by atoms with E-state index in [1.807, 2.05) is 0 Å². The average molecular weight is 919 g/mol. The van der Waals surface area contributed by atoms with E-state index in [4.69, 9.17) is 0 Å². The Balaban J connectivity index is 3.49. The van der Waals surface area contributed by atoms with Crippen molar-refractivity contribution >= 4 is 5.91 Å². The highest BCUT2D eigenvalue weighted by Gasteiger charge is 2.20. The van der Waals surface area contributed by atoms with E-state index in [2.05, 4.69) is 104 Å². The Morgan fingerprint density at radius 3 is 1.00 bits per heavy atom. The van der Waals surface area contributed by atoms with Crippen LogP contribution in [0.3, 0.4) is 0 Å². The predicted molar refractivity (Wildman–Crippen MR) is 294 cm³/mol. The van der Waals surface area contributed by atoms with Gasteiger partial charge >= 0.3 is 0 Å². The van der Waals surface area contributed by atoms with Gasteiger partial charge in [-0.2, -0.15) is 0 Å². The number of hydrogen-bond acceptors (Lipinski definition) is 3. The summed E-state index contributed by atoms with van der Waals surface area (Å²) in [6, 6.07) is -0.540. The van der Waals surface area contributed by atoms with Crippen molar-refractivity contribution in [3.05, 3.63) is 85.1 Å². The summed E-state index contributed by atoms with van der Waals surface area (Å²) in [5.74, 6) is -0.0314. The summed E-state index contributed by atoms with van der Waals surface area (Å²) in [6.07, 6.45) is 82.8. The van der Waals surface area contributed by atoms with Gasteiger partial charge in [-0.1, -0.05) is 292 Å². The Hall–Kier alpha value is -2.43. The minimum absolute atomic E-state index is 0.0314. The molecule has 4 heteroatoms. The van der Waals surface area contributed by atoms with E-state index in [0.717, 1.165) is 70.6 Å². The molecule has 2 unspecified atom stereocenters. The van der Waals surface area contributed by atoms with Crippen molar-refractivity contribution in [3.8, 4) is 0 Å². The van der Waals surface area contributed by atoms with Crippen LogP contribution in [0.1, 0.15) is 284 Å². The van der Waals surface area contributed by atoms with Gasteiger partial charge in [0.1, 0.15) is 0 Å². The first-order valence-electron chi connectivity index (χ1n) is 28.8. The molecule has 0 radical (unpaired) electrons. The zero-order chi connectivity index (χ0) is 47.7. The van der Waals surface area contributed by atoms with Gasteiger partial charge in [-0.15, -0.1) is 0 Å². The number of aliphatic hydroxyl groups excluding tert-OH is 2. The summed E-state index contributed by atoms with van der Waals surface area (Å²) in [5, 5.41) is 23.3. The number of aliphatic hydroxyl groups is 2. The van der Waals surface area contributed by atoms with Crippen LogP contribution in [0.4, 0.5) is 0 Å². The summed E-state index contributed by atoms with van der Waals surface area (Å²) >= 11 is 0. The number of unbranched alkanes of at least 4 members (excludes halogenated alkanes) is 31. The fourth-order valence-electron chi connectivity index (χ4n) is 8.58. The van der Waals surface area contributed by atoms with E-state index in [1.165, 1.54) is 186 Å². The molecule has 66 heavy (non-hydrogen) atoms. The Morgan fingerprint density at radius 2 is 0.667 bits per heavy atom. The summed E-state index contributed by atoms with van der Waals surface area (Å²) in [6.45, 7) is 4.26. The Morgan fingerprint density at radius 1 is 0.379 bits per heavy atom. The van der Waals surface area contributed by atoms with Crippen molar-refractivity contribution in [3.63, 3.8) is 0 Å². The van der Waals surface area contributed by atoms with E-state index < -0.39 is 12.1 Å². The maximum atomic E-state index is 12.5. The lowest BCUT2D eigenvalue weighted by Crippen LogP contribution is -2.45. The third-order valence-electron chi connectivity index (χ3n) is 12.9. The molecule has 4 nitrogen and oxygen atoms in total. The fraction of sp³-hybridized carbons (Fsp3) is 0.758. The van der Waals surface area contributed by atoms with Crippen molar-refractivity contribution in [1.29, 1.82) is 0 Å². The average Bonchev–Trinajstić information content (AvgIpc) is 3.32. The Kier molecular flexibility index (Phi) is 54.8. The largest absolute Gasteiger partial charge is 0.394 e. The van der Waals surface area contributed by atoms with Crippen molar-refractivity contribution in [2.75, 3.05) is 6.61 Å². The standard InChI is InChI=1S/C62H111NO3/c1-3-5-7-9-11-13-15-17-19-21-22-23-24-25-26-27-28-29-30-31-32-33-34-35-36-37-38-39-40-42-44-46-48-50-52-54-56-58-62(66)63-60(59-64)61(65)57-55-53-51-49-47-45-43-41-20-18-16-14-12-10-8-6-4-2/h5,7,11,13,17,19,22-23,25-26,28-29,31-32,60-61,64-65H,3-4,6,8-10,12,14-16,18,20-21,24,27,30,33-59H2,1-2H3,(H,63,66)/b7-5-,13-11-,19-17-,23-22-,26-25-,29-28-,32-31-. The highest BCUT2D eigenvalue weighted by Crippen LogP contribution is 2.17. The number of amides is 1. The second-order valence-electron chi connectivity index (χ2n) is 19.3. The monoisotopic (exact) mass is 918 g/mol. The lowest BCUT2D eigenvalue weighted by molar-refractivity contribution is -0.123. The zero-order valence-corrected chi connectivity index (χ0v) is 43.9. The van der Waals surface area contributed by atoms with Crippen LogP contribution in [0, 0.1) is 0 Å². The van der Waals surface area contributed by atoms with Crippen LogP contribution < -0.4 is 5.32 Å². The second-order valence-corrected chi connectivity index (χ2v) is 19.3. The fourth-order valence-corrected chi connectivity index (χ4v) is 8.58. The van der Waals surface area contributed by atoms with Crippen LogP contribution in [-0.2, 0) is 4.79 Å². The van der Waals surface area contributed by atoms with Crippen molar-refractivity contribution in [1.82, 2.24) is 5.32 Å². The molecule has 0 aromatic carbocycles. The van der Waals surface area contributed by atoms with Crippen LogP contribution >= 0.6 is 0 Å². The summed E-state index contributed by atoms with van der Waals surface area (Å²) in [4.78, 5) is 12.5. The molecule has 0 bridgehead atoms. The second kappa shape index (κ2) is 56.9. The number of allylic oxidation sites excluding steroid dienone is 14. The number of carbonyl (C=O) groups is 1. The van der Waals surface area contributed by atoms with Crippen LogP contribution in [-0.4, -0.2) is 34.9 Å². The summed E-state index contributed by atoms with van der Waals surface area (Å²) < 4.78 is 0. The van der Waals surface area contributed by atoms with E-state index in [0.29, 0.717) is 12.8 Å². The topological polar surface area (TPSA) is 69.6 Å². The van der Waals surface area contributed by atoms with Gasteiger partial charge in [0.15, 0.2) is 0 Å². The van der Waals surface area contributed by atoms with Gasteiger partial charge in [-0.3, -0.25) is 4.79 Å². The SMILES string of the molecule is CC/C=C\C/C=C\C/C=C\C/C=C\C/C=C\C/C=C\C/C=C\CCCCCCCCCCCCCCCCCC(=O)NC(CO)C(O)CCCCCCCCCCCCCCCCCCC. The number of hydrogen-bond donors (Lipinski definition) is 3. The third-order valence-corrected chi connectivity index (χ3v) is 12.9.